The van der Waals surface area contributed by atoms with E-state index < -0.39 is 31.0 Å². The van der Waals surface area contributed by atoms with Gasteiger partial charge < -0.3 is 4.74 Å². The second-order valence-electron chi connectivity index (χ2n) is 5.82. The Labute approximate surface area is 155 Å². The van der Waals surface area contributed by atoms with E-state index in [1.807, 2.05) is 4.84 Å². The lowest BCUT2D eigenvalue weighted by molar-refractivity contribution is -0.155. The highest BCUT2D eigenvalue weighted by Crippen LogP contribution is 2.21. The third-order valence-electron chi connectivity index (χ3n) is 3.79. The van der Waals surface area contributed by atoms with E-state index in [1.165, 1.54) is 6.92 Å². The minimum Gasteiger partial charge on any atom is -0.459 e. The predicted octanol–water partition coefficient (Wildman–Crippen LogP) is 3.94. The number of benzene rings is 2. The van der Waals surface area contributed by atoms with Gasteiger partial charge in [0.1, 0.15) is 0 Å². The number of esters is 1. The van der Waals surface area contributed by atoms with Crippen molar-refractivity contribution < 1.29 is 23.1 Å². The highest BCUT2D eigenvalue weighted by atomic mass is 35.5. The SMILES string of the molecule is C[C@@H](C(=O)OCC(F)(F)CNCl)c1cccc(C(=O)c2ccccc2)c1. The Hall–Kier alpha value is -2.31. The van der Waals surface area contributed by atoms with Crippen molar-refractivity contribution in [2.45, 2.75) is 18.8 Å². The molecule has 2 aromatic carbocycles. The molecular formula is C19H18ClF2NO3. The van der Waals surface area contributed by atoms with Gasteiger partial charge in [-0.05, 0) is 30.3 Å². The van der Waals surface area contributed by atoms with E-state index in [4.69, 9.17) is 11.8 Å². The maximum Gasteiger partial charge on any atom is 0.313 e. The summed E-state index contributed by atoms with van der Waals surface area (Å²) in [7, 11) is 0. The molecule has 0 spiro atoms. The van der Waals surface area contributed by atoms with E-state index in [0.29, 0.717) is 16.7 Å². The molecular weight excluding hydrogens is 364 g/mol. The molecule has 138 valence electrons. The molecule has 0 aromatic heterocycles. The fraction of sp³-hybridized carbons (Fsp3) is 0.263. The summed E-state index contributed by atoms with van der Waals surface area (Å²) in [6.07, 6.45) is 0. The quantitative estimate of drug-likeness (QED) is 0.427. The fourth-order valence-corrected chi connectivity index (χ4v) is 2.49. The molecule has 26 heavy (non-hydrogen) atoms. The van der Waals surface area contributed by atoms with Gasteiger partial charge in [0.05, 0.1) is 12.5 Å². The average molecular weight is 382 g/mol. The van der Waals surface area contributed by atoms with Gasteiger partial charge in [-0.25, -0.2) is 13.6 Å². The lowest BCUT2D eigenvalue weighted by Crippen LogP contribution is -2.34. The van der Waals surface area contributed by atoms with Crippen LogP contribution in [0.3, 0.4) is 0 Å². The van der Waals surface area contributed by atoms with Crippen LogP contribution in [-0.4, -0.2) is 30.8 Å². The maximum absolute atomic E-state index is 13.3. The van der Waals surface area contributed by atoms with E-state index in [2.05, 4.69) is 4.74 Å². The van der Waals surface area contributed by atoms with Gasteiger partial charge in [-0.2, -0.15) is 0 Å². The largest absolute Gasteiger partial charge is 0.459 e. The minimum atomic E-state index is -3.26. The van der Waals surface area contributed by atoms with Gasteiger partial charge in [0.15, 0.2) is 12.4 Å². The Kier molecular flexibility index (Phi) is 6.83. The number of halogens is 3. The Morgan fingerprint density at radius 1 is 1.12 bits per heavy atom. The highest BCUT2D eigenvalue weighted by molar-refractivity contribution is 6.13. The first-order chi connectivity index (χ1) is 12.3. The van der Waals surface area contributed by atoms with Gasteiger partial charge in [-0.1, -0.05) is 48.5 Å². The number of hydrogen-bond donors (Lipinski definition) is 1. The zero-order chi connectivity index (χ0) is 19.2. The third kappa shape index (κ3) is 5.34. The standard InChI is InChI=1S/C19H18ClF2NO3/c1-13(18(25)26-12-19(21,22)11-23-20)15-8-5-9-16(10-15)17(24)14-6-3-2-4-7-14/h2-10,13,23H,11-12H2,1H3/t13-/m1/s1. The molecule has 1 atom stereocenters. The van der Waals surface area contributed by atoms with Gasteiger partial charge in [0.25, 0.3) is 5.92 Å². The first-order valence-electron chi connectivity index (χ1n) is 7.92. The predicted molar refractivity (Wildman–Crippen MR) is 94.5 cm³/mol. The van der Waals surface area contributed by atoms with Crippen molar-refractivity contribution in [3.8, 4) is 0 Å². The van der Waals surface area contributed by atoms with Crippen molar-refractivity contribution in [2.75, 3.05) is 13.2 Å². The van der Waals surface area contributed by atoms with Crippen LogP contribution in [0.15, 0.2) is 54.6 Å². The van der Waals surface area contributed by atoms with Crippen LogP contribution in [0.1, 0.15) is 34.3 Å². The summed E-state index contributed by atoms with van der Waals surface area (Å²) in [5, 5.41) is 0. The van der Waals surface area contributed by atoms with Crippen molar-refractivity contribution in [2.24, 2.45) is 0 Å². The smallest absolute Gasteiger partial charge is 0.313 e. The monoisotopic (exact) mass is 381 g/mol. The molecule has 0 aliphatic carbocycles. The first-order valence-corrected chi connectivity index (χ1v) is 8.29. The van der Waals surface area contributed by atoms with Gasteiger partial charge in [0, 0.05) is 11.1 Å². The zero-order valence-electron chi connectivity index (χ0n) is 14.0. The summed E-state index contributed by atoms with van der Waals surface area (Å²) in [5.74, 6) is -5.04. The van der Waals surface area contributed by atoms with Crippen LogP contribution in [-0.2, 0) is 9.53 Å². The summed E-state index contributed by atoms with van der Waals surface area (Å²) < 4.78 is 31.4. The third-order valence-corrected chi connectivity index (χ3v) is 3.92. The van der Waals surface area contributed by atoms with E-state index >= 15 is 0 Å². The Bertz CT molecular complexity index is 768. The number of nitrogens with one attached hydrogen (secondary N) is 1. The molecule has 1 N–H and O–H groups in total. The minimum absolute atomic E-state index is 0.187. The number of carbonyl (C=O) groups is 2. The lowest BCUT2D eigenvalue weighted by atomic mass is 9.96. The zero-order valence-corrected chi connectivity index (χ0v) is 14.8. The number of carbonyl (C=O) groups excluding carboxylic acids is 2. The summed E-state index contributed by atoms with van der Waals surface area (Å²) in [6, 6.07) is 15.2. The Morgan fingerprint density at radius 2 is 1.77 bits per heavy atom. The average Bonchev–Trinajstić information content (AvgIpc) is 2.65. The van der Waals surface area contributed by atoms with E-state index in [9.17, 15) is 18.4 Å². The summed E-state index contributed by atoms with van der Waals surface area (Å²) in [5.41, 5.74) is 1.44. The molecule has 0 fully saturated rings. The number of alkyl halides is 2. The van der Waals surface area contributed by atoms with Crippen LogP contribution in [0.4, 0.5) is 8.78 Å². The number of rotatable bonds is 8. The van der Waals surface area contributed by atoms with Crippen LogP contribution in [0, 0.1) is 0 Å². The Morgan fingerprint density at radius 3 is 2.42 bits per heavy atom. The molecule has 0 saturated carbocycles. The van der Waals surface area contributed by atoms with Crippen molar-refractivity contribution >= 4 is 23.5 Å². The van der Waals surface area contributed by atoms with Gasteiger partial charge >= 0.3 is 5.97 Å². The molecule has 0 radical (unpaired) electrons. The number of hydrogen-bond acceptors (Lipinski definition) is 4. The lowest BCUT2D eigenvalue weighted by Gasteiger charge is -2.17. The van der Waals surface area contributed by atoms with Crippen molar-refractivity contribution in [1.29, 1.82) is 0 Å². The van der Waals surface area contributed by atoms with Crippen molar-refractivity contribution in [3.05, 3.63) is 71.3 Å². The van der Waals surface area contributed by atoms with E-state index in [1.54, 1.807) is 54.6 Å². The normalized spacial score (nSPS) is 12.5. The van der Waals surface area contributed by atoms with Crippen LogP contribution < -0.4 is 4.84 Å². The summed E-state index contributed by atoms with van der Waals surface area (Å²) >= 11 is 5.05. The summed E-state index contributed by atoms with van der Waals surface area (Å²) in [6.45, 7) is -0.345. The van der Waals surface area contributed by atoms with Crippen LogP contribution in [0.5, 0.6) is 0 Å². The molecule has 0 amide bonds. The molecule has 0 aliphatic heterocycles. The van der Waals surface area contributed by atoms with E-state index in [-0.39, 0.29) is 5.78 Å². The number of ether oxygens (including phenoxy) is 1. The van der Waals surface area contributed by atoms with Crippen LogP contribution in [0.2, 0.25) is 0 Å². The molecule has 0 aliphatic rings. The molecule has 2 aromatic rings. The second-order valence-corrected chi connectivity index (χ2v) is 6.08. The van der Waals surface area contributed by atoms with Crippen molar-refractivity contribution in [3.63, 3.8) is 0 Å². The molecule has 4 nitrogen and oxygen atoms in total. The van der Waals surface area contributed by atoms with Crippen LogP contribution in [0.25, 0.3) is 0 Å². The Balaban J connectivity index is 2.09. The van der Waals surface area contributed by atoms with Crippen molar-refractivity contribution in [1.82, 2.24) is 4.84 Å². The highest BCUT2D eigenvalue weighted by Gasteiger charge is 2.31. The number of ketones is 1. The topological polar surface area (TPSA) is 55.4 Å². The van der Waals surface area contributed by atoms with Crippen LogP contribution >= 0.6 is 11.8 Å². The summed E-state index contributed by atoms with van der Waals surface area (Å²) in [4.78, 5) is 26.4. The second kappa shape index (κ2) is 8.87. The van der Waals surface area contributed by atoms with E-state index in [0.717, 1.165) is 0 Å². The van der Waals surface area contributed by atoms with Gasteiger partial charge in [0.2, 0.25) is 0 Å². The molecule has 2 rings (SSSR count). The molecule has 0 unspecified atom stereocenters. The molecule has 0 saturated heterocycles. The van der Waals surface area contributed by atoms with Gasteiger partial charge in [-0.3, -0.25) is 9.59 Å². The molecule has 0 bridgehead atoms. The van der Waals surface area contributed by atoms with Gasteiger partial charge in [-0.15, -0.1) is 0 Å². The first kappa shape index (κ1) is 20.0. The molecule has 0 heterocycles. The molecule has 7 heteroatoms. The fourth-order valence-electron chi connectivity index (χ4n) is 2.29. The maximum atomic E-state index is 13.3.